The molecule has 3 rings (SSSR count). The number of hydrogen-bond donors (Lipinski definition) is 2. The predicted molar refractivity (Wildman–Crippen MR) is 74.4 cm³/mol. The molecule has 0 atom stereocenters. The van der Waals surface area contributed by atoms with Crippen LogP contribution in [0.5, 0.6) is 0 Å². The molecule has 1 aromatic heterocycles. The van der Waals surface area contributed by atoms with Crippen LogP contribution in [0.15, 0.2) is 18.2 Å². The molecule has 0 saturated heterocycles. The van der Waals surface area contributed by atoms with Gasteiger partial charge in [0.25, 0.3) is 11.6 Å². The Morgan fingerprint density at radius 2 is 2.24 bits per heavy atom. The van der Waals surface area contributed by atoms with E-state index in [4.69, 9.17) is 11.6 Å². The molecule has 1 amide bonds. The van der Waals surface area contributed by atoms with E-state index in [1.807, 2.05) is 0 Å². The molecule has 108 valence electrons. The molecule has 0 radical (unpaired) electrons. The fourth-order valence-electron chi connectivity index (χ4n) is 1.83. The second-order valence-corrected chi connectivity index (χ2v) is 5.10. The van der Waals surface area contributed by atoms with Crippen LogP contribution in [0.2, 0.25) is 5.02 Å². The van der Waals surface area contributed by atoms with E-state index in [-0.39, 0.29) is 22.2 Å². The van der Waals surface area contributed by atoms with E-state index in [0.29, 0.717) is 11.7 Å². The first kappa shape index (κ1) is 13.5. The number of hydrogen-bond acceptors (Lipinski definition) is 5. The van der Waals surface area contributed by atoms with E-state index in [9.17, 15) is 14.9 Å². The molecule has 0 spiro atoms. The lowest BCUT2D eigenvalue weighted by molar-refractivity contribution is -0.384. The Balaban J connectivity index is 1.77. The van der Waals surface area contributed by atoms with Crippen molar-refractivity contribution >= 4 is 28.9 Å². The van der Waals surface area contributed by atoms with Crippen LogP contribution in [-0.4, -0.2) is 26.0 Å². The van der Waals surface area contributed by atoms with Crippen molar-refractivity contribution in [2.24, 2.45) is 0 Å². The summed E-state index contributed by atoms with van der Waals surface area (Å²) in [5.41, 5.74) is -0.0167. The monoisotopic (exact) mass is 307 g/mol. The zero-order chi connectivity index (χ0) is 15.0. The normalized spacial score (nSPS) is 14.0. The third-order valence-electron chi connectivity index (χ3n) is 3.07. The Kier molecular flexibility index (Phi) is 3.30. The maximum atomic E-state index is 12.0. The average Bonchev–Trinajstić information content (AvgIpc) is 3.18. The van der Waals surface area contributed by atoms with E-state index < -0.39 is 10.8 Å². The Bertz CT molecular complexity index is 725. The van der Waals surface area contributed by atoms with Gasteiger partial charge in [0.05, 0.1) is 4.92 Å². The molecule has 0 unspecified atom stereocenters. The molecule has 8 nitrogen and oxygen atoms in total. The summed E-state index contributed by atoms with van der Waals surface area (Å²) < 4.78 is 0. The summed E-state index contributed by atoms with van der Waals surface area (Å²) in [6.07, 6.45) is 2.08. The van der Waals surface area contributed by atoms with Crippen LogP contribution in [0, 0.1) is 10.1 Å². The predicted octanol–water partition coefficient (Wildman–Crippen LogP) is 2.50. The average molecular weight is 308 g/mol. The third-order valence-corrected chi connectivity index (χ3v) is 3.39. The number of carbonyl (C=O) groups is 1. The maximum absolute atomic E-state index is 12.0. The zero-order valence-electron chi connectivity index (χ0n) is 10.7. The molecule has 1 aromatic carbocycles. The van der Waals surface area contributed by atoms with Gasteiger partial charge in [-0.05, 0) is 25.0 Å². The number of amides is 1. The number of aromatic nitrogens is 3. The van der Waals surface area contributed by atoms with Gasteiger partial charge in [-0.25, -0.2) is 4.98 Å². The highest BCUT2D eigenvalue weighted by Crippen LogP contribution is 2.37. The topological polar surface area (TPSA) is 114 Å². The second-order valence-electron chi connectivity index (χ2n) is 4.70. The highest BCUT2D eigenvalue weighted by atomic mass is 35.5. The Labute approximate surface area is 123 Å². The van der Waals surface area contributed by atoms with Gasteiger partial charge in [0, 0.05) is 17.7 Å². The largest absolute Gasteiger partial charge is 0.319 e. The minimum absolute atomic E-state index is 0.00640. The fraction of sp³-hybridized carbons (Fsp3) is 0.250. The number of nitrogens with one attached hydrogen (secondary N) is 2. The number of nitrogens with zero attached hydrogens (tertiary/aromatic N) is 3. The lowest BCUT2D eigenvalue weighted by Crippen LogP contribution is -2.14. The Morgan fingerprint density at radius 3 is 2.90 bits per heavy atom. The fourth-order valence-corrected chi connectivity index (χ4v) is 2.02. The second kappa shape index (κ2) is 5.13. The van der Waals surface area contributed by atoms with E-state index in [0.717, 1.165) is 12.8 Å². The van der Waals surface area contributed by atoms with Gasteiger partial charge >= 0.3 is 0 Å². The van der Waals surface area contributed by atoms with Crippen molar-refractivity contribution in [1.82, 2.24) is 15.2 Å². The molecule has 0 aliphatic heterocycles. The van der Waals surface area contributed by atoms with Gasteiger partial charge in [0.1, 0.15) is 10.8 Å². The number of nitro benzene ring substituents is 1. The number of benzene rings is 1. The van der Waals surface area contributed by atoms with Gasteiger partial charge in [-0.3, -0.25) is 20.0 Å². The number of anilines is 1. The van der Waals surface area contributed by atoms with Gasteiger partial charge in [-0.2, -0.15) is 0 Å². The summed E-state index contributed by atoms with van der Waals surface area (Å²) >= 11 is 5.71. The molecule has 1 aliphatic carbocycles. The number of H-pyrrole nitrogens is 1. The van der Waals surface area contributed by atoms with Crippen LogP contribution in [-0.2, 0) is 0 Å². The van der Waals surface area contributed by atoms with Gasteiger partial charge in [-0.15, -0.1) is 5.10 Å². The molecule has 21 heavy (non-hydrogen) atoms. The van der Waals surface area contributed by atoms with Crippen molar-refractivity contribution in [2.45, 2.75) is 18.8 Å². The Hall–Kier alpha value is -2.48. The number of halogens is 1. The first-order valence-corrected chi connectivity index (χ1v) is 6.60. The standard InChI is InChI=1S/C12H10ClN5O3/c13-8-4-3-7(5-9(8)18(20)21)14-12(19)11-15-10(16-17-11)6-1-2-6/h3-6H,1-2H2,(H,14,19)(H,15,16,17). The van der Waals surface area contributed by atoms with Gasteiger partial charge < -0.3 is 5.32 Å². The lowest BCUT2D eigenvalue weighted by Gasteiger charge is -2.03. The van der Waals surface area contributed by atoms with Crippen LogP contribution < -0.4 is 5.32 Å². The molecular formula is C12H10ClN5O3. The number of carbonyl (C=O) groups excluding carboxylic acids is 1. The molecule has 2 N–H and O–H groups in total. The van der Waals surface area contributed by atoms with Crippen molar-refractivity contribution in [3.63, 3.8) is 0 Å². The molecule has 1 fully saturated rings. The van der Waals surface area contributed by atoms with E-state index in [2.05, 4.69) is 20.5 Å². The van der Waals surface area contributed by atoms with Crippen molar-refractivity contribution in [3.05, 3.63) is 45.0 Å². The zero-order valence-corrected chi connectivity index (χ0v) is 11.4. The number of aromatic amines is 1. The van der Waals surface area contributed by atoms with E-state index in [1.54, 1.807) is 0 Å². The number of rotatable bonds is 4. The molecular weight excluding hydrogens is 298 g/mol. The first-order chi connectivity index (χ1) is 10.0. The number of nitro groups is 1. The minimum Gasteiger partial charge on any atom is -0.319 e. The van der Waals surface area contributed by atoms with Crippen molar-refractivity contribution < 1.29 is 9.72 Å². The Morgan fingerprint density at radius 1 is 1.48 bits per heavy atom. The van der Waals surface area contributed by atoms with E-state index in [1.165, 1.54) is 18.2 Å². The molecule has 0 bridgehead atoms. The van der Waals surface area contributed by atoms with Crippen LogP contribution in [0.4, 0.5) is 11.4 Å². The van der Waals surface area contributed by atoms with Crippen LogP contribution >= 0.6 is 11.6 Å². The smallest absolute Gasteiger partial charge is 0.295 e. The summed E-state index contributed by atoms with van der Waals surface area (Å²) in [6, 6.07) is 4.01. The maximum Gasteiger partial charge on any atom is 0.295 e. The molecule has 1 heterocycles. The summed E-state index contributed by atoms with van der Waals surface area (Å²) in [7, 11) is 0. The first-order valence-electron chi connectivity index (χ1n) is 6.22. The molecule has 2 aromatic rings. The summed E-state index contributed by atoms with van der Waals surface area (Å²) in [4.78, 5) is 26.3. The van der Waals surface area contributed by atoms with Gasteiger partial charge in [0.15, 0.2) is 0 Å². The molecule has 1 saturated carbocycles. The lowest BCUT2D eigenvalue weighted by atomic mass is 10.2. The van der Waals surface area contributed by atoms with Crippen molar-refractivity contribution in [2.75, 3.05) is 5.32 Å². The highest BCUT2D eigenvalue weighted by molar-refractivity contribution is 6.32. The third kappa shape index (κ3) is 2.84. The van der Waals surface area contributed by atoms with Crippen molar-refractivity contribution in [1.29, 1.82) is 0 Å². The van der Waals surface area contributed by atoms with Crippen molar-refractivity contribution in [3.8, 4) is 0 Å². The summed E-state index contributed by atoms with van der Waals surface area (Å²) in [6.45, 7) is 0. The molecule has 1 aliphatic rings. The summed E-state index contributed by atoms with van der Waals surface area (Å²) in [5, 5.41) is 19.9. The van der Waals surface area contributed by atoms with Crippen LogP contribution in [0.3, 0.4) is 0 Å². The van der Waals surface area contributed by atoms with Crippen LogP contribution in [0.25, 0.3) is 0 Å². The SMILES string of the molecule is O=C(Nc1ccc(Cl)c([N+](=O)[O-])c1)c1n[nH]c(C2CC2)n1. The van der Waals surface area contributed by atoms with E-state index >= 15 is 0 Å². The van der Waals surface area contributed by atoms with Crippen LogP contribution in [0.1, 0.15) is 35.2 Å². The van der Waals surface area contributed by atoms with Gasteiger partial charge in [-0.1, -0.05) is 11.6 Å². The molecule has 9 heteroatoms. The quantitative estimate of drug-likeness (QED) is 0.665. The van der Waals surface area contributed by atoms with Gasteiger partial charge in [0.2, 0.25) is 5.82 Å². The minimum atomic E-state index is -0.615. The summed E-state index contributed by atoms with van der Waals surface area (Å²) in [5.74, 6) is 0.530. The highest BCUT2D eigenvalue weighted by Gasteiger charge is 2.28.